The summed E-state index contributed by atoms with van der Waals surface area (Å²) in [5.74, 6) is 0. The molecule has 1 aromatic carbocycles. The van der Waals surface area contributed by atoms with Crippen LogP contribution in [0.2, 0.25) is 0 Å². The highest BCUT2D eigenvalue weighted by Gasteiger charge is 2.34. The van der Waals surface area contributed by atoms with Crippen LogP contribution in [0.1, 0.15) is 18.4 Å². The molecule has 100 valence electrons. The number of halogens is 1. The summed E-state index contributed by atoms with van der Waals surface area (Å²) in [5, 5.41) is 20.3. The van der Waals surface area contributed by atoms with Gasteiger partial charge in [-0.25, -0.2) is 0 Å². The van der Waals surface area contributed by atoms with Crippen LogP contribution in [0.25, 0.3) is 0 Å². The molecule has 0 saturated carbocycles. The van der Waals surface area contributed by atoms with Crippen molar-refractivity contribution in [2.24, 2.45) is 5.41 Å². The minimum Gasteiger partial charge on any atom is -0.381 e. The number of hydrogen-bond donors (Lipinski definition) is 0. The quantitative estimate of drug-likeness (QED) is 0.631. The van der Waals surface area contributed by atoms with Gasteiger partial charge in [-0.15, -0.1) is 0 Å². The van der Waals surface area contributed by atoms with Gasteiger partial charge in [-0.3, -0.25) is 10.1 Å². The van der Waals surface area contributed by atoms with Gasteiger partial charge >= 0.3 is 0 Å². The highest BCUT2D eigenvalue weighted by molar-refractivity contribution is 9.10. The molecule has 6 heteroatoms. The van der Waals surface area contributed by atoms with Crippen LogP contribution in [-0.2, 0) is 11.2 Å². The second-order valence-corrected chi connectivity index (χ2v) is 5.48. The van der Waals surface area contributed by atoms with Crippen molar-refractivity contribution < 1.29 is 9.66 Å². The molecular formula is C13H13BrN2O3. The van der Waals surface area contributed by atoms with E-state index in [4.69, 9.17) is 4.74 Å². The van der Waals surface area contributed by atoms with Crippen LogP contribution in [0.3, 0.4) is 0 Å². The van der Waals surface area contributed by atoms with Crippen molar-refractivity contribution >= 4 is 21.6 Å². The summed E-state index contributed by atoms with van der Waals surface area (Å²) in [6.45, 7) is 1.14. The fraction of sp³-hybridized carbons (Fsp3) is 0.462. The van der Waals surface area contributed by atoms with E-state index in [2.05, 4.69) is 22.0 Å². The third kappa shape index (κ3) is 2.94. The third-order valence-corrected chi connectivity index (χ3v) is 4.39. The van der Waals surface area contributed by atoms with E-state index in [0.717, 1.165) is 5.56 Å². The Morgan fingerprint density at radius 3 is 2.74 bits per heavy atom. The number of rotatable bonds is 3. The molecule has 1 fully saturated rings. The Hall–Kier alpha value is -1.45. The van der Waals surface area contributed by atoms with Crippen molar-refractivity contribution in [1.82, 2.24) is 0 Å². The SMILES string of the molecule is N#CC1(Cc2cccc([N+](=O)[O-])c2Br)CCOCC1. The highest BCUT2D eigenvalue weighted by Crippen LogP contribution is 2.37. The number of nitrogens with zero attached hydrogens (tertiary/aromatic N) is 2. The molecular weight excluding hydrogens is 312 g/mol. The molecule has 5 nitrogen and oxygen atoms in total. The molecule has 0 N–H and O–H groups in total. The number of nitriles is 1. The monoisotopic (exact) mass is 324 g/mol. The first kappa shape index (κ1) is 14.0. The van der Waals surface area contributed by atoms with Gasteiger partial charge in [0.2, 0.25) is 0 Å². The Kier molecular flexibility index (Phi) is 4.17. The predicted molar refractivity (Wildman–Crippen MR) is 72.6 cm³/mol. The van der Waals surface area contributed by atoms with Gasteiger partial charge < -0.3 is 4.74 Å². The topological polar surface area (TPSA) is 76.2 Å². The van der Waals surface area contributed by atoms with Crippen molar-refractivity contribution in [3.05, 3.63) is 38.3 Å². The van der Waals surface area contributed by atoms with E-state index in [1.807, 2.05) is 6.07 Å². The summed E-state index contributed by atoms with van der Waals surface area (Å²) in [5.41, 5.74) is 0.367. The van der Waals surface area contributed by atoms with Crippen molar-refractivity contribution in [2.75, 3.05) is 13.2 Å². The zero-order chi connectivity index (χ0) is 13.9. The van der Waals surface area contributed by atoms with Gasteiger partial charge in [0.25, 0.3) is 5.69 Å². The van der Waals surface area contributed by atoms with E-state index >= 15 is 0 Å². The number of hydrogen-bond acceptors (Lipinski definition) is 4. The predicted octanol–water partition coefficient (Wildman–Crippen LogP) is 3.22. The maximum atomic E-state index is 10.9. The standard InChI is InChI=1S/C13H13BrN2O3/c14-12-10(2-1-3-11(12)16(17)18)8-13(9-15)4-6-19-7-5-13/h1-3H,4-8H2. The molecule has 1 aromatic rings. The Morgan fingerprint density at radius 1 is 1.47 bits per heavy atom. The van der Waals surface area contributed by atoms with Crippen LogP contribution in [0, 0.1) is 26.9 Å². The van der Waals surface area contributed by atoms with E-state index in [-0.39, 0.29) is 5.69 Å². The summed E-state index contributed by atoms with van der Waals surface area (Å²) in [7, 11) is 0. The first-order valence-electron chi connectivity index (χ1n) is 5.99. The Labute approximate surface area is 119 Å². The molecule has 0 amide bonds. The molecule has 1 heterocycles. The maximum Gasteiger partial charge on any atom is 0.283 e. The average molecular weight is 325 g/mol. The van der Waals surface area contributed by atoms with Crippen molar-refractivity contribution in [2.45, 2.75) is 19.3 Å². The number of ether oxygens (including phenoxy) is 1. The lowest BCUT2D eigenvalue weighted by molar-refractivity contribution is -0.385. The normalized spacial score (nSPS) is 17.7. The highest BCUT2D eigenvalue weighted by atomic mass is 79.9. The van der Waals surface area contributed by atoms with E-state index < -0.39 is 10.3 Å². The summed E-state index contributed by atoms with van der Waals surface area (Å²) < 4.78 is 5.76. The Balaban J connectivity index is 2.30. The molecule has 1 saturated heterocycles. The van der Waals surface area contributed by atoms with Gasteiger partial charge in [-0.2, -0.15) is 5.26 Å². The molecule has 0 unspecified atom stereocenters. The lowest BCUT2D eigenvalue weighted by atomic mass is 9.76. The zero-order valence-corrected chi connectivity index (χ0v) is 11.9. The molecule has 0 bridgehead atoms. The fourth-order valence-electron chi connectivity index (χ4n) is 2.30. The van der Waals surface area contributed by atoms with Gasteiger partial charge in [0.05, 0.1) is 20.9 Å². The lowest BCUT2D eigenvalue weighted by Crippen LogP contribution is -2.30. The van der Waals surface area contributed by atoms with Crippen LogP contribution < -0.4 is 0 Å². The van der Waals surface area contributed by atoms with Crippen molar-refractivity contribution in [1.29, 1.82) is 5.26 Å². The average Bonchev–Trinajstić information content (AvgIpc) is 2.42. The maximum absolute atomic E-state index is 10.9. The summed E-state index contributed by atoms with van der Waals surface area (Å²) in [6.07, 6.45) is 1.84. The summed E-state index contributed by atoms with van der Waals surface area (Å²) in [6, 6.07) is 7.31. The van der Waals surface area contributed by atoms with E-state index in [1.165, 1.54) is 6.07 Å². The van der Waals surface area contributed by atoms with Crippen molar-refractivity contribution in [3.8, 4) is 6.07 Å². The zero-order valence-electron chi connectivity index (χ0n) is 10.3. The lowest BCUT2D eigenvalue weighted by Gasteiger charge is -2.30. The molecule has 1 aliphatic rings. The molecule has 19 heavy (non-hydrogen) atoms. The molecule has 0 aromatic heterocycles. The summed E-state index contributed by atoms with van der Waals surface area (Å²) >= 11 is 3.28. The van der Waals surface area contributed by atoms with Gasteiger partial charge in [0.1, 0.15) is 0 Å². The van der Waals surface area contributed by atoms with Gasteiger partial charge in [0.15, 0.2) is 0 Å². The minimum absolute atomic E-state index is 0.0395. The number of benzene rings is 1. The van der Waals surface area contributed by atoms with Crippen LogP contribution in [0.5, 0.6) is 0 Å². The first-order chi connectivity index (χ1) is 9.08. The fourth-order valence-corrected chi connectivity index (χ4v) is 2.85. The van der Waals surface area contributed by atoms with E-state index in [0.29, 0.717) is 36.9 Å². The van der Waals surface area contributed by atoms with Crippen LogP contribution in [-0.4, -0.2) is 18.1 Å². The third-order valence-electron chi connectivity index (χ3n) is 3.47. The van der Waals surface area contributed by atoms with Gasteiger partial charge in [-0.05, 0) is 40.8 Å². The summed E-state index contributed by atoms with van der Waals surface area (Å²) in [4.78, 5) is 10.5. The Morgan fingerprint density at radius 2 is 2.16 bits per heavy atom. The first-order valence-corrected chi connectivity index (χ1v) is 6.78. The molecule has 0 atom stereocenters. The van der Waals surface area contributed by atoms with Crippen LogP contribution in [0.4, 0.5) is 5.69 Å². The van der Waals surface area contributed by atoms with Crippen LogP contribution in [0.15, 0.2) is 22.7 Å². The molecule has 0 spiro atoms. The largest absolute Gasteiger partial charge is 0.381 e. The van der Waals surface area contributed by atoms with E-state index in [1.54, 1.807) is 6.07 Å². The Bertz CT molecular complexity index is 533. The molecule has 2 rings (SSSR count). The minimum atomic E-state index is -0.476. The van der Waals surface area contributed by atoms with Gasteiger partial charge in [0, 0.05) is 19.3 Å². The number of nitro benzene ring substituents is 1. The smallest absolute Gasteiger partial charge is 0.283 e. The second-order valence-electron chi connectivity index (χ2n) is 4.69. The second kappa shape index (κ2) is 5.68. The van der Waals surface area contributed by atoms with Crippen molar-refractivity contribution in [3.63, 3.8) is 0 Å². The van der Waals surface area contributed by atoms with Crippen LogP contribution >= 0.6 is 15.9 Å². The number of nitro groups is 1. The van der Waals surface area contributed by atoms with E-state index in [9.17, 15) is 15.4 Å². The molecule has 0 aliphatic carbocycles. The molecule has 0 radical (unpaired) electrons. The molecule has 1 aliphatic heterocycles. The van der Waals surface area contributed by atoms with Gasteiger partial charge in [-0.1, -0.05) is 12.1 Å².